The lowest BCUT2D eigenvalue weighted by Gasteiger charge is -2.26. The van der Waals surface area contributed by atoms with E-state index >= 15 is 0 Å². The van der Waals surface area contributed by atoms with Crippen LogP contribution in [0.2, 0.25) is 5.02 Å². The summed E-state index contributed by atoms with van der Waals surface area (Å²) < 4.78 is 0. The summed E-state index contributed by atoms with van der Waals surface area (Å²) in [5, 5.41) is 0.552. The van der Waals surface area contributed by atoms with E-state index in [1.165, 1.54) is 17.9 Å². The lowest BCUT2D eigenvalue weighted by atomic mass is 10.2. The Morgan fingerprint density at radius 3 is 2.81 bits per heavy atom. The highest BCUT2D eigenvalue weighted by atomic mass is 35.5. The number of nitrogens with zero attached hydrogens (tertiary/aromatic N) is 2. The van der Waals surface area contributed by atoms with Crippen molar-refractivity contribution < 1.29 is 4.79 Å². The highest BCUT2D eigenvalue weighted by molar-refractivity contribution is 7.99. The zero-order valence-electron chi connectivity index (χ0n) is 12.1. The van der Waals surface area contributed by atoms with Crippen LogP contribution in [0.25, 0.3) is 0 Å². The summed E-state index contributed by atoms with van der Waals surface area (Å²) in [6.45, 7) is 3.74. The number of thioether (sulfide) groups is 1. The molecular weight excluding hydrogens is 304 g/mol. The average Bonchev–Trinajstić information content (AvgIpc) is 2.92. The number of hydrogen-bond donors (Lipinski definition) is 0. The third-order valence-corrected chi connectivity index (χ3v) is 5.82. The maximum absolute atomic E-state index is 12.6. The van der Waals surface area contributed by atoms with Gasteiger partial charge in [0.2, 0.25) is 0 Å². The van der Waals surface area contributed by atoms with Gasteiger partial charge < -0.3 is 4.90 Å². The predicted molar refractivity (Wildman–Crippen MR) is 89.3 cm³/mol. The van der Waals surface area contributed by atoms with Crippen LogP contribution in [0.5, 0.6) is 0 Å². The monoisotopic (exact) mass is 324 g/mol. The van der Waals surface area contributed by atoms with Crippen LogP contribution >= 0.6 is 23.4 Å². The molecule has 2 aliphatic heterocycles. The molecule has 3 rings (SSSR count). The molecule has 0 aromatic heterocycles. The number of hydrogen-bond acceptors (Lipinski definition) is 3. The third-order valence-electron chi connectivity index (χ3n) is 4.34. The summed E-state index contributed by atoms with van der Waals surface area (Å²) in [5.74, 6) is 2.60. The molecule has 2 fully saturated rings. The number of benzene rings is 1. The highest BCUT2D eigenvalue weighted by Crippen LogP contribution is 2.24. The molecule has 1 unspecified atom stereocenters. The van der Waals surface area contributed by atoms with Crippen LogP contribution in [-0.4, -0.2) is 59.4 Å². The van der Waals surface area contributed by atoms with Crippen LogP contribution in [0.1, 0.15) is 23.2 Å². The molecule has 0 bridgehead atoms. The predicted octanol–water partition coefficient (Wildman–Crippen LogP) is 2.99. The van der Waals surface area contributed by atoms with Gasteiger partial charge >= 0.3 is 0 Å². The molecule has 2 aliphatic rings. The van der Waals surface area contributed by atoms with Gasteiger partial charge in [-0.1, -0.05) is 23.7 Å². The Balaban J connectivity index is 1.64. The molecular formula is C16H21ClN2OS. The summed E-state index contributed by atoms with van der Waals surface area (Å²) in [5.41, 5.74) is 0.629. The Labute approximate surface area is 135 Å². The fourth-order valence-corrected chi connectivity index (χ4v) is 4.59. The minimum absolute atomic E-state index is 0.0725. The SMILES string of the molecule is O=C(c1ccccc1Cl)N1CCCN(C2CCSC2)CC1. The topological polar surface area (TPSA) is 23.6 Å². The first-order chi connectivity index (χ1) is 10.3. The van der Waals surface area contributed by atoms with Crippen LogP contribution in [0.15, 0.2) is 24.3 Å². The molecule has 114 valence electrons. The molecule has 1 amide bonds. The number of amides is 1. The molecule has 3 nitrogen and oxygen atoms in total. The summed E-state index contributed by atoms with van der Waals surface area (Å²) in [4.78, 5) is 17.2. The standard InChI is InChI=1S/C16H21ClN2OS/c17-15-5-2-1-4-14(15)16(20)19-8-3-7-18(9-10-19)13-6-11-21-12-13/h1-2,4-5,13H,3,6-12H2. The van der Waals surface area contributed by atoms with Gasteiger partial charge in [0.25, 0.3) is 5.91 Å². The minimum Gasteiger partial charge on any atom is -0.337 e. The Hall–Kier alpha value is -0.710. The summed E-state index contributed by atoms with van der Waals surface area (Å²) in [7, 11) is 0. The minimum atomic E-state index is 0.0725. The molecule has 1 aromatic carbocycles. The first-order valence-corrected chi connectivity index (χ1v) is 9.14. The summed E-state index contributed by atoms with van der Waals surface area (Å²) >= 11 is 8.20. The van der Waals surface area contributed by atoms with Crippen LogP contribution in [0, 0.1) is 0 Å². The fourth-order valence-electron chi connectivity index (χ4n) is 3.12. The normalized spacial score (nSPS) is 24.0. The number of carbonyl (C=O) groups excluding carboxylic acids is 1. The molecule has 0 radical (unpaired) electrons. The quantitative estimate of drug-likeness (QED) is 0.835. The Bertz CT molecular complexity index is 505. The van der Waals surface area contributed by atoms with E-state index in [0.717, 1.165) is 32.6 Å². The highest BCUT2D eigenvalue weighted by Gasteiger charge is 2.27. The fraction of sp³-hybridized carbons (Fsp3) is 0.562. The first kappa shape index (κ1) is 15.2. The maximum atomic E-state index is 12.6. The second kappa shape index (κ2) is 7.03. The van der Waals surface area contributed by atoms with E-state index in [2.05, 4.69) is 4.90 Å². The van der Waals surface area contributed by atoms with Gasteiger partial charge in [-0.3, -0.25) is 9.69 Å². The van der Waals surface area contributed by atoms with Crippen molar-refractivity contribution in [2.75, 3.05) is 37.7 Å². The molecule has 0 saturated carbocycles. The lowest BCUT2D eigenvalue weighted by molar-refractivity contribution is 0.0759. The number of carbonyl (C=O) groups is 1. The third kappa shape index (κ3) is 3.55. The van der Waals surface area contributed by atoms with Gasteiger partial charge in [-0.15, -0.1) is 0 Å². The van der Waals surface area contributed by atoms with Crippen LogP contribution in [-0.2, 0) is 0 Å². The molecule has 0 N–H and O–H groups in total. The van der Waals surface area contributed by atoms with Crippen molar-refractivity contribution in [1.29, 1.82) is 0 Å². The van der Waals surface area contributed by atoms with Crippen LogP contribution in [0.3, 0.4) is 0 Å². The van der Waals surface area contributed by atoms with E-state index in [1.54, 1.807) is 6.07 Å². The van der Waals surface area contributed by atoms with Crippen molar-refractivity contribution >= 4 is 29.3 Å². The molecule has 1 aromatic rings. The van der Waals surface area contributed by atoms with Crippen molar-refractivity contribution in [3.05, 3.63) is 34.9 Å². The van der Waals surface area contributed by atoms with E-state index in [9.17, 15) is 4.79 Å². The number of rotatable bonds is 2. The van der Waals surface area contributed by atoms with E-state index < -0.39 is 0 Å². The summed E-state index contributed by atoms with van der Waals surface area (Å²) in [6.07, 6.45) is 2.35. The van der Waals surface area contributed by atoms with Crippen molar-refractivity contribution in [3.63, 3.8) is 0 Å². The van der Waals surface area contributed by atoms with E-state index in [0.29, 0.717) is 16.6 Å². The van der Waals surface area contributed by atoms with Gasteiger partial charge in [0.15, 0.2) is 0 Å². The summed E-state index contributed by atoms with van der Waals surface area (Å²) in [6, 6.07) is 8.06. The van der Waals surface area contributed by atoms with Gasteiger partial charge in [0.1, 0.15) is 0 Å². The van der Waals surface area contributed by atoms with Gasteiger partial charge in [-0.25, -0.2) is 0 Å². The van der Waals surface area contributed by atoms with Gasteiger partial charge in [-0.2, -0.15) is 11.8 Å². The second-order valence-corrected chi connectivity index (χ2v) is 7.24. The Morgan fingerprint density at radius 1 is 1.19 bits per heavy atom. The van der Waals surface area contributed by atoms with E-state index in [1.807, 2.05) is 34.9 Å². The Morgan fingerprint density at radius 2 is 2.05 bits per heavy atom. The first-order valence-electron chi connectivity index (χ1n) is 7.61. The smallest absolute Gasteiger partial charge is 0.255 e. The molecule has 0 aliphatic carbocycles. The largest absolute Gasteiger partial charge is 0.337 e. The average molecular weight is 325 g/mol. The van der Waals surface area contributed by atoms with Crippen molar-refractivity contribution in [3.8, 4) is 0 Å². The van der Waals surface area contributed by atoms with Crippen molar-refractivity contribution in [2.45, 2.75) is 18.9 Å². The molecule has 2 saturated heterocycles. The molecule has 2 heterocycles. The van der Waals surface area contributed by atoms with E-state index in [-0.39, 0.29) is 5.91 Å². The van der Waals surface area contributed by atoms with Gasteiger partial charge in [0.05, 0.1) is 10.6 Å². The molecule has 0 spiro atoms. The zero-order valence-corrected chi connectivity index (χ0v) is 13.7. The molecule has 21 heavy (non-hydrogen) atoms. The lowest BCUT2D eigenvalue weighted by Crippen LogP contribution is -2.39. The van der Waals surface area contributed by atoms with Gasteiger partial charge in [0, 0.05) is 38.0 Å². The maximum Gasteiger partial charge on any atom is 0.255 e. The molecule has 5 heteroatoms. The van der Waals surface area contributed by atoms with Crippen LogP contribution in [0.4, 0.5) is 0 Å². The van der Waals surface area contributed by atoms with Crippen molar-refractivity contribution in [2.24, 2.45) is 0 Å². The van der Waals surface area contributed by atoms with Crippen molar-refractivity contribution in [1.82, 2.24) is 9.80 Å². The zero-order chi connectivity index (χ0) is 14.7. The van der Waals surface area contributed by atoms with E-state index in [4.69, 9.17) is 11.6 Å². The van der Waals surface area contributed by atoms with Crippen LogP contribution < -0.4 is 0 Å². The second-order valence-electron chi connectivity index (χ2n) is 5.68. The molecule has 1 atom stereocenters. The number of halogens is 1. The van der Waals surface area contributed by atoms with Gasteiger partial charge in [-0.05, 0) is 30.7 Å². The Kier molecular flexibility index (Phi) is 5.09.